The smallest absolute Gasteiger partial charge is 0.00205 e. The first-order valence-corrected chi connectivity index (χ1v) is 12.5. The number of nitrogens with one attached hydrogen (secondary N) is 2. The molecule has 1 rings (SSSR count). The van der Waals surface area contributed by atoms with Crippen LogP contribution in [0.5, 0.6) is 0 Å². The molecule has 3 nitrogen and oxygen atoms in total. The van der Waals surface area contributed by atoms with Crippen LogP contribution < -0.4 is 16.4 Å². The molecule has 0 aromatic heterocycles. The molecule has 1 aliphatic carbocycles. The van der Waals surface area contributed by atoms with Gasteiger partial charge in [0.25, 0.3) is 0 Å². The van der Waals surface area contributed by atoms with Gasteiger partial charge in [0.15, 0.2) is 0 Å². The van der Waals surface area contributed by atoms with Crippen LogP contribution in [0.1, 0.15) is 116 Å². The minimum absolute atomic E-state index is 0.826. The predicted octanol–water partition coefficient (Wildman–Crippen LogP) is 5.78. The predicted molar refractivity (Wildman–Crippen MR) is 121 cm³/mol. The second kappa shape index (κ2) is 20.6. The van der Waals surface area contributed by atoms with Crippen molar-refractivity contribution in [2.75, 3.05) is 32.7 Å². The maximum Gasteiger partial charge on any atom is -0.00205 e. The van der Waals surface area contributed by atoms with Crippen LogP contribution in [0.25, 0.3) is 0 Å². The standard InChI is InChI=1S/C24H51N3/c25-19-13-14-20-26-21-15-16-22-27-23-24-17-11-9-7-5-3-1-2-4-6-8-10-12-18-24/h24,26-27H,1-23,25H2. The molecule has 0 amide bonds. The number of hydrogen-bond acceptors (Lipinski definition) is 3. The highest BCUT2D eigenvalue weighted by molar-refractivity contribution is 4.65. The van der Waals surface area contributed by atoms with Gasteiger partial charge in [0, 0.05) is 0 Å². The number of rotatable bonds is 11. The summed E-state index contributed by atoms with van der Waals surface area (Å²) in [5, 5.41) is 7.30. The Morgan fingerprint density at radius 3 is 1.41 bits per heavy atom. The summed E-state index contributed by atoms with van der Waals surface area (Å²) in [5.74, 6) is 0.921. The molecule has 1 aliphatic rings. The van der Waals surface area contributed by atoms with Crippen LogP contribution in [-0.4, -0.2) is 32.7 Å². The van der Waals surface area contributed by atoms with E-state index in [4.69, 9.17) is 5.73 Å². The Balaban J connectivity index is 2.04. The van der Waals surface area contributed by atoms with Gasteiger partial charge in [-0.05, 0) is 77.2 Å². The fourth-order valence-corrected chi connectivity index (χ4v) is 4.31. The van der Waals surface area contributed by atoms with Crippen molar-refractivity contribution in [3.63, 3.8) is 0 Å². The Kier molecular flexibility index (Phi) is 19.0. The minimum atomic E-state index is 0.826. The molecule has 0 saturated heterocycles. The lowest BCUT2D eigenvalue weighted by atomic mass is 9.94. The molecule has 0 bridgehead atoms. The van der Waals surface area contributed by atoms with Crippen LogP contribution in [0.15, 0.2) is 0 Å². The van der Waals surface area contributed by atoms with Crippen molar-refractivity contribution in [1.29, 1.82) is 0 Å². The summed E-state index contributed by atoms with van der Waals surface area (Å²) in [5.41, 5.74) is 5.52. The monoisotopic (exact) mass is 381 g/mol. The Hall–Kier alpha value is -0.120. The van der Waals surface area contributed by atoms with Crippen LogP contribution in [-0.2, 0) is 0 Å². The van der Waals surface area contributed by atoms with Crippen molar-refractivity contribution >= 4 is 0 Å². The zero-order valence-corrected chi connectivity index (χ0v) is 18.4. The summed E-state index contributed by atoms with van der Waals surface area (Å²) in [7, 11) is 0. The molecule has 3 heteroatoms. The van der Waals surface area contributed by atoms with Gasteiger partial charge in [0.1, 0.15) is 0 Å². The fourth-order valence-electron chi connectivity index (χ4n) is 4.31. The van der Waals surface area contributed by atoms with E-state index in [1.807, 2.05) is 0 Å². The van der Waals surface area contributed by atoms with Crippen LogP contribution in [0.4, 0.5) is 0 Å². The molecule has 1 saturated carbocycles. The molecule has 0 aromatic rings. The third-order valence-corrected chi connectivity index (χ3v) is 6.17. The van der Waals surface area contributed by atoms with Gasteiger partial charge < -0.3 is 16.4 Å². The Labute approximate surface area is 171 Å². The van der Waals surface area contributed by atoms with Gasteiger partial charge in [-0.25, -0.2) is 0 Å². The molecule has 0 spiro atoms. The van der Waals surface area contributed by atoms with Crippen molar-refractivity contribution in [2.24, 2.45) is 11.7 Å². The number of hydrogen-bond donors (Lipinski definition) is 3. The highest BCUT2D eigenvalue weighted by Gasteiger charge is 2.08. The Morgan fingerprint density at radius 2 is 0.926 bits per heavy atom. The van der Waals surface area contributed by atoms with Gasteiger partial charge in [0.2, 0.25) is 0 Å². The normalized spacial score (nSPS) is 19.4. The SMILES string of the molecule is NCCCCNCCCCNCC1CCCCCCCCCCCCCC1. The van der Waals surface area contributed by atoms with Crippen LogP contribution in [0, 0.1) is 5.92 Å². The lowest BCUT2D eigenvalue weighted by Gasteiger charge is -2.18. The second-order valence-electron chi connectivity index (χ2n) is 8.84. The number of unbranched alkanes of at least 4 members (excludes halogenated alkanes) is 2. The van der Waals surface area contributed by atoms with Crippen LogP contribution >= 0.6 is 0 Å². The topological polar surface area (TPSA) is 50.1 Å². The molecule has 0 radical (unpaired) electrons. The van der Waals surface area contributed by atoms with E-state index >= 15 is 0 Å². The largest absolute Gasteiger partial charge is 0.330 e. The van der Waals surface area contributed by atoms with Crippen molar-refractivity contribution in [1.82, 2.24) is 10.6 Å². The van der Waals surface area contributed by atoms with E-state index in [0.717, 1.165) is 32.0 Å². The maximum absolute atomic E-state index is 5.52. The Morgan fingerprint density at radius 1 is 0.519 bits per heavy atom. The first-order chi connectivity index (χ1) is 13.4. The van der Waals surface area contributed by atoms with E-state index in [9.17, 15) is 0 Å². The third-order valence-electron chi connectivity index (χ3n) is 6.17. The zero-order valence-electron chi connectivity index (χ0n) is 18.4. The summed E-state index contributed by atoms with van der Waals surface area (Å²) < 4.78 is 0. The first kappa shape index (κ1) is 24.9. The second-order valence-corrected chi connectivity index (χ2v) is 8.84. The molecule has 0 heterocycles. The molecule has 0 unspecified atom stereocenters. The molecule has 27 heavy (non-hydrogen) atoms. The van der Waals surface area contributed by atoms with Crippen LogP contribution in [0.2, 0.25) is 0 Å². The molecule has 162 valence electrons. The minimum Gasteiger partial charge on any atom is -0.330 e. The molecule has 4 N–H and O–H groups in total. The molecule has 0 atom stereocenters. The van der Waals surface area contributed by atoms with Crippen molar-refractivity contribution in [2.45, 2.75) is 116 Å². The van der Waals surface area contributed by atoms with E-state index in [1.54, 1.807) is 0 Å². The van der Waals surface area contributed by atoms with Crippen molar-refractivity contribution in [3.8, 4) is 0 Å². The van der Waals surface area contributed by atoms with E-state index in [0.29, 0.717) is 0 Å². The summed E-state index contributed by atoms with van der Waals surface area (Å²) in [6.07, 6.45) is 25.5. The van der Waals surface area contributed by atoms with E-state index in [1.165, 1.54) is 122 Å². The van der Waals surface area contributed by atoms with Gasteiger partial charge in [-0.15, -0.1) is 0 Å². The highest BCUT2D eigenvalue weighted by Crippen LogP contribution is 2.20. The summed E-state index contributed by atoms with van der Waals surface area (Å²) in [6.45, 7) is 5.57. The van der Waals surface area contributed by atoms with E-state index < -0.39 is 0 Å². The van der Waals surface area contributed by atoms with E-state index in [-0.39, 0.29) is 0 Å². The first-order valence-electron chi connectivity index (χ1n) is 12.5. The van der Waals surface area contributed by atoms with Crippen molar-refractivity contribution < 1.29 is 0 Å². The quantitative estimate of drug-likeness (QED) is 0.398. The lowest BCUT2D eigenvalue weighted by Crippen LogP contribution is -2.25. The maximum atomic E-state index is 5.52. The van der Waals surface area contributed by atoms with E-state index in [2.05, 4.69) is 10.6 Å². The molecule has 1 fully saturated rings. The molecular formula is C24H51N3. The molecule has 0 aromatic carbocycles. The summed E-state index contributed by atoms with van der Waals surface area (Å²) >= 11 is 0. The average molecular weight is 382 g/mol. The van der Waals surface area contributed by atoms with Gasteiger partial charge >= 0.3 is 0 Å². The molecular weight excluding hydrogens is 330 g/mol. The highest BCUT2D eigenvalue weighted by atomic mass is 14.9. The summed E-state index contributed by atoms with van der Waals surface area (Å²) in [6, 6.07) is 0. The lowest BCUT2D eigenvalue weighted by molar-refractivity contribution is 0.381. The van der Waals surface area contributed by atoms with Gasteiger partial charge in [-0.2, -0.15) is 0 Å². The fraction of sp³-hybridized carbons (Fsp3) is 1.00. The average Bonchev–Trinajstić information content (AvgIpc) is 2.69. The van der Waals surface area contributed by atoms with Crippen LogP contribution in [0.3, 0.4) is 0 Å². The molecule has 0 aliphatic heterocycles. The Bertz CT molecular complexity index is 267. The zero-order chi connectivity index (χ0) is 19.3. The van der Waals surface area contributed by atoms with Gasteiger partial charge in [-0.3, -0.25) is 0 Å². The number of nitrogens with two attached hydrogens (primary N) is 1. The van der Waals surface area contributed by atoms with Crippen molar-refractivity contribution in [3.05, 3.63) is 0 Å². The van der Waals surface area contributed by atoms with Gasteiger partial charge in [0.05, 0.1) is 0 Å². The van der Waals surface area contributed by atoms with Gasteiger partial charge in [-0.1, -0.05) is 77.0 Å². The third kappa shape index (κ3) is 17.7. The summed E-state index contributed by atoms with van der Waals surface area (Å²) in [4.78, 5) is 0.